The highest BCUT2D eigenvalue weighted by Gasteiger charge is 2.14. The van der Waals surface area contributed by atoms with E-state index in [1.807, 2.05) is 29.7 Å². The molecule has 0 atom stereocenters. The summed E-state index contributed by atoms with van der Waals surface area (Å²) in [6.45, 7) is 2.72. The number of nitrogens with two attached hydrogens (primary N) is 1. The molecule has 2 N–H and O–H groups in total. The van der Waals surface area contributed by atoms with Gasteiger partial charge in [0, 0.05) is 21.4 Å². The minimum absolute atomic E-state index is 0.255. The van der Waals surface area contributed by atoms with Crippen molar-refractivity contribution in [3.05, 3.63) is 45.8 Å². The van der Waals surface area contributed by atoms with Crippen LogP contribution in [-0.2, 0) is 6.54 Å². The Balaban J connectivity index is 2.33. The molecule has 2 aromatic carbocycles. The third kappa shape index (κ3) is 2.15. The van der Waals surface area contributed by atoms with Gasteiger partial charge in [0.05, 0.1) is 11.0 Å². The molecular weight excluding hydrogens is 368 g/mol. The molecular formula is C15H13FIN3. The van der Waals surface area contributed by atoms with Crippen molar-refractivity contribution in [1.29, 1.82) is 0 Å². The highest BCUT2D eigenvalue weighted by Crippen LogP contribution is 2.30. The van der Waals surface area contributed by atoms with E-state index in [1.165, 1.54) is 12.1 Å². The van der Waals surface area contributed by atoms with Gasteiger partial charge in [0.1, 0.15) is 11.6 Å². The van der Waals surface area contributed by atoms with E-state index in [9.17, 15) is 4.39 Å². The average molecular weight is 381 g/mol. The lowest BCUT2D eigenvalue weighted by Gasteiger charge is -2.09. The number of halogens is 2. The van der Waals surface area contributed by atoms with Crippen LogP contribution < -0.4 is 5.73 Å². The van der Waals surface area contributed by atoms with Crippen LogP contribution in [0.1, 0.15) is 6.92 Å². The minimum atomic E-state index is -0.255. The van der Waals surface area contributed by atoms with E-state index in [0.717, 1.165) is 26.0 Å². The van der Waals surface area contributed by atoms with E-state index >= 15 is 0 Å². The van der Waals surface area contributed by atoms with Gasteiger partial charge < -0.3 is 10.3 Å². The molecule has 1 heterocycles. The molecule has 3 nitrogen and oxygen atoms in total. The lowest BCUT2D eigenvalue weighted by atomic mass is 10.1. The zero-order valence-corrected chi connectivity index (χ0v) is 13.1. The molecule has 5 heteroatoms. The smallest absolute Gasteiger partial charge is 0.143 e. The largest absolute Gasteiger partial charge is 0.398 e. The summed E-state index contributed by atoms with van der Waals surface area (Å²) in [6, 6.07) is 10.5. The molecule has 3 aromatic rings. The maximum atomic E-state index is 13.4. The van der Waals surface area contributed by atoms with Gasteiger partial charge in [0.2, 0.25) is 0 Å². The number of imidazole rings is 1. The van der Waals surface area contributed by atoms with Crippen molar-refractivity contribution in [3.8, 4) is 11.4 Å². The molecule has 1 aromatic heterocycles. The van der Waals surface area contributed by atoms with Gasteiger partial charge in [-0.3, -0.25) is 0 Å². The number of hydrogen-bond donors (Lipinski definition) is 1. The van der Waals surface area contributed by atoms with Crippen molar-refractivity contribution in [2.75, 3.05) is 5.73 Å². The zero-order valence-electron chi connectivity index (χ0n) is 10.9. The number of aryl methyl sites for hydroxylation is 1. The Morgan fingerprint density at radius 3 is 2.80 bits per heavy atom. The molecule has 20 heavy (non-hydrogen) atoms. The van der Waals surface area contributed by atoms with Gasteiger partial charge in [0.25, 0.3) is 0 Å². The van der Waals surface area contributed by atoms with E-state index in [-0.39, 0.29) is 5.82 Å². The second-order valence-corrected chi connectivity index (χ2v) is 5.79. The normalized spacial score (nSPS) is 11.2. The highest BCUT2D eigenvalue weighted by atomic mass is 127. The van der Waals surface area contributed by atoms with E-state index in [4.69, 9.17) is 5.73 Å². The number of rotatable bonds is 2. The van der Waals surface area contributed by atoms with Crippen LogP contribution in [0.15, 0.2) is 36.4 Å². The number of fused-ring (bicyclic) bond motifs is 1. The summed E-state index contributed by atoms with van der Waals surface area (Å²) in [5.74, 6) is 0.526. The Kier molecular flexibility index (Phi) is 3.37. The van der Waals surface area contributed by atoms with Crippen molar-refractivity contribution >= 4 is 39.3 Å². The number of anilines is 1. The molecule has 0 unspecified atom stereocenters. The van der Waals surface area contributed by atoms with Crippen molar-refractivity contribution in [2.45, 2.75) is 13.5 Å². The van der Waals surface area contributed by atoms with Crippen LogP contribution in [0, 0.1) is 9.39 Å². The first-order valence-corrected chi connectivity index (χ1v) is 7.39. The van der Waals surface area contributed by atoms with E-state index in [1.54, 1.807) is 6.07 Å². The van der Waals surface area contributed by atoms with Crippen LogP contribution in [0.4, 0.5) is 10.1 Å². The van der Waals surface area contributed by atoms with E-state index < -0.39 is 0 Å². The fourth-order valence-electron chi connectivity index (χ4n) is 2.34. The summed E-state index contributed by atoms with van der Waals surface area (Å²) in [5.41, 5.74) is 9.20. The predicted octanol–water partition coefficient (Wildman–Crippen LogP) is 4.05. The molecule has 102 valence electrons. The van der Waals surface area contributed by atoms with Crippen molar-refractivity contribution in [2.24, 2.45) is 0 Å². The minimum Gasteiger partial charge on any atom is -0.398 e. The molecule has 0 aliphatic carbocycles. The number of benzene rings is 2. The Morgan fingerprint density at radius 2 is 2.05 bits per heavy atom. The molecule has 0 aliphatic rings. The monoisotopic (exact) mass is 381 g/mol. The van der Waals surface area contributed by atoms with Gasteiger partial charge in [0.15, 0.2) is 0 Å². The summed E-state index contributed by atoms with van der Waals surface area (Å²) >= 11 is 2.24. The van der Waals surface area contributed by atoms with Gasteiger partial charge in [-0.15, -0.1) is 0 Å². The fraction of sp³-hybridized carbons (Fsp3) is 0.133. The van der Waals surface area contributed by atoms with Gasteiger partial charge in [-0.2, -0.15) is 0 Å². The number of aromatic nitrogens is 2. The Bertz CT molecular complexity index is 795. The molecule has 0 fully saturated rings. The molecule has 0 saturated carbocycles. The first-order chi connectivity index (χ1) is 9.60. The van der Waals surface area contributed by atoms with Gasteiger partial charge in [-0.05, 0) is 65.9 Å². The average Bonchev–Trinajstić information content (AvgIpc) is 2.79. The van der Waals surface area contributed by atoms with Gasteiger partial charge in [-0.25, -0.2) is 9.37 Å². The molecule has 0 aliphatic heterocycles. The fourth-order valence-corrected chi connectivity index (χ4v) is 2.83. The summed E-state index contributed by atoms with van der Waals surface area (Å²) in [7, 11) is 0. The first-order valence-electron chi connectivity index (χ1n) is 6.31. The van der Waals surface area contributed by atoms with Crippen molar-refractivity contribution in [3.63, 3.8) is 0 Å². The van der Waals surface area contributed by atoms with E-state index in [2.05, 4.69) is 27.6 Å². The summed E-state index contributed by atoms with van der Waals surface area (Å²) in [6.07, 6.45) is 0. The van der Waals surface area contributed by atoms with Crippen LogP contribution in [0.2, 0.25) is 0 Å². The lowest BCUT2D eigenvalue weighted by Crippen LogP contribution is -2.00. The maximum absolute atomic E-state index is 13.4. The Labute approximate surface area is 129 Å². The van der Waals surface area contributed by atoms with Gasteiger partial charge >= 0.3 is 0 Å². The summed E-state index contributed by atoms with van der Waals surface area (Å²) in [5, 5.41) is 0. The first kappa shape index (κ1) is 13.4. The standard InChI is InChI=1S/C15H13FIN3/c1-2-20-14-7-9(16)3-6-13(14)19-15(20)11-8-10(17)4-5-12(11)18/h3-8H,2,18H2,1H3. The second kappa shape index (κ2) is 5.05. The quantitative estimate of drug-likeness (QED) is 0.538. The molecule has 0 radical (unpaired) electrons. The predicted molar refractivity (Wildman–Crippen MR) is 87.9 cm³/mol. The number of nitrogens with zero attached hydrogens (tertiary/aromatic N) is 2. The second-order valence-electron chi connectivity index (χ2n) is 4.54. The topological polar surface area (TPSA) is 43.8 Å². The van der Waals surface area contributed by atoms with Crippen LogP contribution in [0.3, 0.4) is 0 Å². The highest BCUT2D eigenvalue weighted by molar-refractivity contribution is 14.1. The van der Waals surface area contributed by atoms with Crippen molar-refractivity contribution < 1.29 is 4.39 Å². The van der Waals surface area contributed by atoms with Crippen LogP contribution in [0.25, 0.3) is 22.4 Å². The Hall–Kier alpha value is -1.63. The summed E-state index contributed by atoms with van der Waals surface area (Å²) in [4.78, 5) is 4.61. The maximum Gasteiger partial charge on any atom is 0.143 e. The molecule has 0 bridgehead atoms. The molecule has 0 saturated heterocycles. The molecule has 0 spiro atoms. The van der Waals surface area contributed by atoms with Crippen LogP contribution >= 0.6 is 22.6 Å². The number of hydrogen-bond acceptors (Lipinski definition) is 2. The molecule has 3 rings (SSSR count). The third-order valence-electron chi connectivity index (χ3n) is 3.28. The zero-order chi connectivity index (χ0) is 14.3. The third-order valence-corrected chi connectivity index (χ3v) is 3.95. The Morgan fingerprint density at radius 1 is 1.25 bits per heavy atom. The summed E-state index contributed by atoms with van der Waals surface area (Å²) < 4.78 is 16.5. The van der Waals surface area contributed by atoms with E-state index in [0.29, 0.717) is 12.2 Å². The van der Waals surface area contributed by atoms with Crippen LogP contribution in [0.5, 0.6) is 0 Å². The SMILES string of the molecule is CCn1c(-c2cc(I)ccc2N)nc2ccc(F)cc21. The lowest BCUT2D eigenvalue weighted by molar-refractivity contribution is 0.628. The van der Waals surface area contributed by atoms with Crippen LogP contribution in [-0.4, -0.2) is 9.55 Å². The van der Waals surface area contributed by atoms with Gasteiger partial charge in [-0.1, -0.05) is 0 Å². The van der Waals surface area contributed by atoms with Crippen molar-refractivity contribution in [1.82, 2.24) is 9.55 Å². The number of nitrogen functional groups attached to an aromatic ring is 1. The molecule has 0 amide bonds.